The summed E-state index contributed by atoms with van der Waals surface area (Å²) in [6.07, 6.45) is -0.664. The summed E-state index contributed by atoms with van der Waals surface area (Å²) in [6, 6.07) is 7.67. The number of ether oxygens (including phenoxy) is 2. The summed E-state index contributed by atoms with van der Waals surface area (Å²) in [5.41, 5.74) is -2.03. The summed E-state index contributed by atoms with van der Waals surface area (Å²) < 4.78 is 40.7. The maximum Gasteiger partial charge on any atom is 0.410 e. The van der Waals surface area contributed by atoms with Gasteiger partial charge in [0.25, 0.3) is 5.69 Å². The molecule has 0 unspecified atom stereocenters. The fraction of sp³-hybridized carbons (Fsp3) is 0.409. The molecule has 1 N–H and O–H groups in total. The molecule has 1 fully saturated rings. The lowest BCUT2D eigenvalue weighted by Gasteiger charge is -2.41. The number of aliphatic hydroxyl groups excluding tert-OH is 1. The number of carbonyl (C=O) groups excluding carboxylic acids is 1. The van der Waals surface area contributed by atoms with Gasteiger partial charge in [0.1, 0.15) is 11.4 Å². The quantitative estimate of drug-likeness (QED) is 0.524. The number of nitrogens with zero attached hydrogens (tertiary/aromatic N) is 3. The minimum atomic E-state index is -1.24. The molecule has 0 spiro atoms. The lowest BCUT2D eigenvalue weighted by Crippen LogP contribution is -2.57. The number of hydrogen-bond acceptors (Lipinski definition) is 7. The van der Waals surface area contributed by atoms with E-state index in [4.69, 9.17) is 9.47 Å². The average molecular weight is 465 g/mol. The molecule has 0 bridgehead atoms. The Hall–Kier alpha value is -3.47. The number of para-hydroxylation sites is 1. The number of rotatable bonds is 5. The highest BCUT2D eigenvalue weighted by Crippen LogP contribution is 2.41. The van der Waals surface area contributed by atoms with Crippen LogP contribution in [0.5, 0.6) is 11.5 Å². The molecule has 1 heterocycles. The first-order chi connectivity index (χ1) is 15.5. The zero-order chi connectivity index (χ0) is 24.3. The minimum Gasteiger partial charge on any atom is -0.451 e. The van der Waals surface area contributed by atoms with Crippen LogP contribution < -0.4 is 9.64 Å². The number of nitro groups is 1. The lowest BCUT2D eigenvalue weighted by atomic mass is 10.1. The van der Waals surface area contributed by atoms with Crippen LogP contribution in [0, 0.1) is 21.7 Å². The number of benzene rings is 2. The predicted octanol–water partition coefficient (Wildman–Crippen LogP) is 4.08. The predicted molar refractivity (Wildman–Crippen MR) is 116 cm³/mol. The standard InChI is InChI=1S/C22H25F2N3O6/c1-22(2,3)33-21(29)26-10-9-25(12-14(26)13-28)19-17(27(30)31)11-16(23)20(18(19)24)32-15-7-5-4-6-8-15/h4-8,11,14,28H,9-10,12-13H2,1-3H3/t14-/m1/s1. The van der Waals surface area contributed by atoms with Crippen LogP contribution in [0.1, 0.15) is 20.8 Å². The highest BCUT2D eigenvalue weighted by Gasteiger charge is 2.38. The Morgan fingerprint density at radius 1 is 1.24 bits per heavy atom. The zero-order valence-corrected chi connectivity index (χ0v) is 18.5. The Balaban J connectivity index is 1.95. The van der Waals surface area contributed by atoms with Crippen molar-refractivity contribution in [1.82, 2.24) is 4.90 Å². The van der Waals surface area contributed by atoms with E-state index in [-0.39, 0.29) is 25.4 Å². The van der Waals surface area contributed by atoms with Gasteiger partial charge in [0.15, 0.2) is 17.3 Å². The van der Waals surface area contributed by atoms with Crippen LogP contribution in [-0.2, 0) is 4.74 Å². The van der Waals surface area contributed by atoms with Gasteiger partial charge in [-0.15, -0.1) is 0 Å². The van der Waals surface area contributed by atoms with Gasteiger partial charge in [0.2, 0.25) is 5.75 Å². The average Bonchev–Trinajstić information content (AvgIpc) is 2.75. The monoisotopic (exact) mass is 465 g/mol. The molecule has 0 saturated carbocycles. The summed E-state index contributed by atoms with van der Waals surface area (Å²) in [6.45, 7) is 4.46. The largest absolute Gasteiger partial charge is 0.451 e. The van der Waals surface area contributed by atoms with E-state index in [2.05, 4.69) is 0 Å². The number of halogens is 2. The molecule has 2 aromatic carbocycles. The second kappa shape index (κ2) is 9.57. The van der Waals surface area contributed by atoms with Gasteiger partial charge in [-0.3, -0.25) is 15.0 Å². The smallest absolute Gasteiger partial charge is 0.410 e. The van der Waals surface area contributed by atoms with Crippen molar-refractivity contribution in [2.75, 3.05) is 31.1 Å². The first kappa shape index (κ1) is 24.2. The lowest BCUT2D eigenvalue weighted by molar-refractivity contribution is -0.384. The van der Waals surface area contributed by atoms with Crippen LogP contribution in [0.4, 0.5) is 25.0 Å². The molecule has 3 rings (SSSR count). The number of anilines is 1. The van der Waals surface area contributed by atoms with Crippen molar-refractivity contribution in [2.45, 2.75) is 32.4 Å². The number of amides is 1. The number of carbonyl (C=O) groups is 1. The first-order valence-corrected chi connectivity index (χ1v) is 10.3. The van der Waals surface area contributed by atoms with E-state index in [1.807, 2.05) is 0 Å². The number of piperazine rings is 1. The topological polar surface area (TPSA) is 105 Å². The van der Waals surface area contributed by atoms with Crippen LogP contribution in [-0.4, -0.2) is 58.9 Å². The third-order valence-corrected chi connectivity index (χ3v) is 4.93. The maximum atomic E-state index is 15.5. The normalized spacial score (nSPS) is 16.5. The molecule has 1 atom stereocenters. The van der Waals surface area contributed by atoms with Crippen LogP contribution >= 0.6 is 0 Å². The molecule has 0 aromatic heterocycles. The maximum absolute atomic E-state index is 15.5. The number of aliphatic hydroxyl groups is 1. The van der Waals surface area contributed by atoms with Crippen molar-refractivity contribution in [2.24, 2.45) is 0 Å². The summed E-state index contributed by atoms with van der Waals surface area (Å²) >= 11 is 0. The Morgan fingerprint density at radius 2 is 1.91 bits per heavy atom. The third-order valence-electron chi connectivity index (χ3n) is 4.93. The van der Waals surface area contributed by atoms with Gasteiger partial charge in [-0.25, -0.2) is 13.6 Å². The van der Waals surface area contributed by atoms with Crippen LogP contribution in [0.25, 0.3) is 0 Å². The third kappa shape index (κ3) is 5.48. The zero-order valence-electron chi connectivity index (χ0n) is 18.5. The van der Waals surface area contributed by atoms with Gasteiger partial charge >= 0.3 is 6.09 Å². The number of nitro benzene ring substituents is 1. The van der Waals surface area contributed by atoms with E-state index >= 15 is 4.39 Å². The summed E-state index contributed by atoms with van der Waals surface area (Å²) in [5.74, 6) is -3.10. The summed E-state index contributed by atoms with van der Waals surface area (Å²) in [4.78, 5) is 25.8. The molecule has 0 radical (unpaired) electrons. The molecular weight excluding hydrogens is 440 g/mol. The van der Waals surface area contributed by atoms with Crippen LogP contribution in [0.2, 0.25) is 0 Å². The molecule has 1 saturated heterocycles. The Bertz CT molecular complexity index is 1030. The van der Waals surface area contributed by atoms with Gasteiger partial charge in [-0.2, -0.15) is 0 Å². The van der Waals surface area contributed by atoms with E-state index in [1.54, 1.807) is 39.0 Å². The molecule has 11 heteroatoms. The van der Waals surface area contributed by atoms with Crippen LogP contribution in [0.15, 0.2) is 36.4 Å². The molecule has 33 heavy (non-hydrogen) atoms. The first-order valence-electron chi connectivity index (χ1n) is 10.3. The molecule has 2 aromatic rings. The van der Waals surface area contributed by atoms with Gasteiger partial charge < -0.3 is 19.5 Å². The Morgan fingerprint density at radius 3 is 2.48 bits per heavy atom. The second-order valence-electron chi connectivity index (χ2n) is 8.50. The molecule has 1 aliphatic heterocycles. The molecule has 9 nitrogen and oxygen atoms in total. The van der Waals surface area contributed by atoms with Crippen molar-refractivity contribution >= 4 is 17.5 Å². The molecule has 0 aliphatic carbocycles. The highest BCUT2D eigenvalue weighted by molar-refractivity contribution is 5.71. The van der Waals surface area contributed by atoms with Crippen molar-refractivity contribution < 1.29 is 33.1 Å². The molecular formula is C22H25F2N3O6. The van der Waals surface area contributed by atoms with Crippen molar-refractivity contribution in [3.63, 3.8) is 0 Å². The Kier molecular flexibility index (Phi) is 7.01. The summed E-state index contributed by atoms with van der Waals surface area (Å²) in [7, 11) is 0. The fourth-order valence-corrected chi connectivity index (χ4v) is 3.49. The van der Waals surface area contributed by atoms with E-state index in [1.165, 1.54) is 21.9 Å². The SMILES string of the molecule is CC(C)(C)OC(=O)N1CCN(c2c([N+](=O)[O-])cc(F)c(Oc3ccccc3)c2F)C[C@@H]1CO. The molecule has 178 valence electrons. The van der Waals surface area contributed by atoms with E-state index in [0.717, 1.165) is 0 Å². The molecule has 1 aliphatic rings. The number of hydrogen-bond donors (Lipinski definition) is 1. The van der Waals surface area contributed by atoms with Crippen LogP contribution in [0.3, 0.4) is 0 Å². The van der Waals surface area contributed by atoms with E-state index in [0.29, 0.717) is 6.07 Å². The van der Waals surface area contributed by atoms with Crippen molar-refractivity contribution in [3.8, 4) is 11.5 Å². The highest BCUT2D eigenvalue weighted by atomic mass is 19.1. The minimum absolute atomic E-state index is 0.00296. The fourth-order valence-electron chi connectivity index (χ4n) is 3.49. The van der Waals surface area contributed by atoms with Gasteiger partial charge in [0, 0.05) is 19.6 Å². The molecule has 1 amide bonds. The van der Waals surface area contributed by atoms with E-state index < -0.39 is 58.0 Å². The Labute approximate surface area is 189 Å². The van der Waals surface area contributed by atoms with E-state index in [9.17, 15) is 24.4 Å². The van der Waals surface area contributed by atoms with Gasteiger partial charge in [-0.05, 0) is 32.9 Å². The van der Waals surface area contributed by atoms with Gasteiger partial charge in [0.05, 0.1) is 23.6 Å². The van der Waals surface area contributed by atoms with Crippen molar-refractivity contribution in [1.29, 1.82) is 0 Å². The second-order valence-corrected chi connectivity index (χ2v) is 8.50. The van der Waals surface area contributed by atoms with Crippen molar-refractivity contribution in [3.05, 3.63) is 58.1 Å². The van der Waals surface area contributed by atoms with Gasteiger partial charge in [-0.1, -0.05) is 18.2 Å². The summed E-state index contributed by atoms with van der Waals surface area (Å²) in [5, 5.41) is 21.4.